The molecule has 1 aromatic heterocycles. The zero-order valence-corrected chi connectivity index (χ0v) is 19.9. The van der Waals surface area contributed by atoms with Gasteiger partial charge in [-0.2, -0.15) is 0 Å². The maximum absolute atomic E-state index is 12.1. The minimum atomic E-state index is -0.917. The van der Waals surface area contributed by atoms with Crippen molar-refractivity contribution in [1.29, 1.82) is 0 Å². The summed E-state index contributed by atoms with van der Waals surface area (Å²) in [4.78, 5) is 12.1. The van der Waals surface area contributed by atoms with Crippen LogP contribution in [0.15, 0.2) is 42.5 Å². The predicted octanol–water partition coefficient (Wildman–Crippen LogP) is 4.56. The van der Waals surface area contributed by atoms with Crippen molar-refractivity contribution in [2.75, 3.05) is 20.8 Å². The Bertz CT molecular complexity index is 1120. The lowest BCUT2D eigenvalue weighted by Crippen LogP contribution is -2.15. The van der Waals surface area contributed by atoms with Crippen LogP contribution >= 0.6 is 0 Å². The van der Waals surface area contributed by atoms with Crippen LogP contribution in [0.2, 0.25) is 0 Å². The number of ether oxygens (including phenoxy) is 3. The molecule has 0 spiro atoms. The second kappa shape index (κ2) is 10.9. The van der Waals surface area contributed by atoms with Gasteiger partial charge in [0.05, 0.1) is 26.4 Å². The van der Waals surface area contributed by atoms with Crippen LogP contribution in [0, 0.1) is 13.8 Å². The molecule has 0 bridgehead atoms. The Labute approximate surface area is 194 Å². The van der Waals surface area contributed by atoms with Crippen molar-refractivity contribution in [3.05, 3.63) is 76.1 Å². The molecule has 0 fully saturated rings. The molecule has 2 aromatic carbocycles. The van der Waals surface area contributed by atoms with Crippen LogP contribution in [0.3, 0.4) is 0 Å². The van der Waals surface area contributed by atoms with Gasteiger partial charge in [0.1, 0.15) is 5.75 Å². The third kappa shape index (κ3) is 5.49. The van der Waals surface area contributed by atoms with Gasteiger partial charge in [0.15, 0.2) is 11.5 Å². The van der Waals surface area contributed by atoms with Crippen LogP contribution in [0.4, 0.5) is 0 Å². The number of methoxy groups -OCH3 is 2. The van der Waals surface area contributed by atoms with Crippen LogP contribution in [0.25, 0.3) is 0 Å². The molecular weight excluding hydrogens is 420 g/mol. The van der Waals surface area contributed by atoms with E-state index in [4.69, 9.17) is 14.2 Å². The maximum Gasteiger partial charge on any atom is 0.337 e. The van der Waals surface area contributed by atoms with Crippen molar-refractivity contribution in [2.24, 2.45) is 0 Å². The van der Waals surface area contributed by atoms with E-state index in [0.717, 1.165) is 33.8 Å². The first-order valence-corrected chi connectivity index (χ1v) is 10.9. The van der Waals surface area contributed by atoms with Gasteiger partial charge in [-0.1, -0.05) is 18.2 Å². The summed E-state index contributed by atoms with van der Waals surface area (Å²) < 4.78 is 18.4. The zero-order valence-electron chi connectivity index (χ0n) is 19.9. The van der Waals surface area contributed by atoms with Gasteiger partial charge in [-0.05, 0) is 56.2 Å². The van der Waals surface area contributed by atoms with Gasteiger partial charge in [0.2, 0.25) is 0 Å². The summed E-state index contributed by atoms with van der Waals surface area (Å²) in [5.41, 5.74) is 4.89. The minimum absolute atomic E-state index is 0.354. The highest BCUT2D eigenvalue weighted by atomic mass is 16.5. The molecule has 0 aliphatic heterocycles. The summed E-state index contributed by atoms with van der Waals surface area (Å²) in [7, 11) is 3.25. The van der Waals surface area contributed by atoms with E-state index in [-0.39, 0.29) is 0 Å². The Morgan fingerprint density at radius 3 is 2.42 bits per heavy atom. The molecule has 2 N–H and O–H groups in total. The van der Waals surface area contributed by atoms with E-state index < -0.39 is 5.97 Å². The largest absolute Gasteiger partial charge is 0.497 e. The van der Waals surface area contributed by atoms with Crippen LogP contribution in [-0.2, 0) is 19.6 Å². The highest BCUT2D eigenvalue weighted by Gasteiger charge is 2.22. The van der Waals surface area contributed by atoms with Crippen LogP contribution < -0.4 is 19.5 Å². The number of carboxylic acids is 1. The average molecular weight is 453 g/mol. The van der Waals surface area contributed by atoms with E-state index in [0.29, 0.717) is 43.3 Å². The second-order valence-corrected chi connectivity index (χ2v) is 7.79. The fraction of sp³-hybridized carbons (Fsp3) is 0.346. The first-order valence-electron chi connectivity index (χ1n) is 10.9. The molecule has 0 saturated heterocycles. The van der Waals surface area contributed by atoms with Crippen molar-refractivity contribution in [2.45, 2.75) is 40.4 Å². The highest BCUT2D eigenvalue weighted by molar-refractivity contribution is 5.91. The minimum Gasteiger partial charge on any atom is -0.497 e. The van der Waals surface area contributed by atoms with E-state index in [1.54, 1.807) is 14.2 Å². The molecule has 3 aromatic rings. The normalized spacial score (nSPS) is 10.8. The van der Waals surface area contributed by atoms with Crippen LogP contribution in [-0.4, -0.2) is 36.5 Å². The molecule has 176 valence electrons. The van der Waals surface area contributed by atoms with Gasteiger partial charge >= 0.3 is 5.97 Å². The number of nitrogens with zero attached hydrogens (tertiary/aromatic N) is 1. The number of hydrogen-bond acceptors (Lipinski definition) is 5. The molecule has 1 heterocycles. The Morgan fingerprint density at radius 2 is 1.76 bits per heavy atom. The molecule has 0 atom stereocenters. The van der Waals surface area contributed by atoms with Crippen molar-refractivity contribution in [3.8, 4) is 17.2 Å². The van der Waals surface area contributed by atoms with Crippen LogP contribution in [0.5, 0.6) is 17.2 Å². The first-order chi connectivity index (χ1) is 15.9. The molecule has 0 radical (unpaired) electrons. The van der Waals surface area contributed by atoms with E-state index in [1.165, 1.54) is 0 Å². The Hall–Kier alpha value is -3.45. The summed E-state index contributed by atoms with van der Waals surface area (Å²) in [6.07, 6.45) is 0. The maximum atomic E-state index is 12.1. The second-order valence-electron chi connectivity index (χ2n) is 7.79. The smallest absolute Gasteiger partial charge is 0.337 e. The van der Waals surface area contributed by atoms with Gasteiger partial charge in [-0.25, -0.2) is 4.79 Å². The lowest BCUT2D eigenvalue weighted by atomic mass is 10.1. The van der Waals surface area contributed by atoms with Gasteiger partial charge in [-0.15, -0.1) is 0 Å². The van der Waals surface area contributed by atoms with E-state index in [1.807, 2.05) is 63.2 Å². The topological polar surface area (TPSA) is 82.0 Å². The SMILES string of the molecule is CCOc1ccc(CNCc2c(C(=O)O)c(C)n(Cc3cccc(OC)c3)c2C)cc1OC. The number of carbonyl (C=O) groups is 1. The number of nitrogens with one attached hydrogen (secondary N) is 1. The molecular formula is C26H32N2O5. The Balaban J connectivity index is 1.80. The Morgan fingerprint density at radius 1 is 0.970 bits per heavy atom. The summed E-state index contributed by atoms with van der Waals surface area (Å²) >= 11 is 0. The number of hydrogen-bond donors (Lipinski definition) is 2. The van der Waals surface area contributed by atoms with Crippen LogP contribution in [0.1, 0.15) is 45.4 Å². The van der Waals surface area contributed by atoms with E-state index in [9.17, 15) is 9.90 Å². The van der Waals surface area contributed by atoms with Gasteiger partial charge in [0, 0.05) is 36.6 Å². The number of rotatable bonds is 11. The molecule has 0 aliphatic carbocycles. The lowest BCUT2D eigenvalue weighted by molar-refractivity contribution is 0.0694. The third-order valence-corrected chi connectivity index (χ3v) is 5.76. The number of aromatic carboxylic acids is 1. The molecule has 3 rings (SSSR count). The quantitative estimate of drug-likeness (QED) is 0.444. The summed E-state index contributed by atoms with van der Waals surface area (Å²) in [6, 6.07) is 13.6. The lowest BCUT2D eigenvalue weighted by Gasteiger charge is -2.12. The first kappa shape index (κ1) is 24.2. The molecule has 7 heteroatoms. The highest BCUT2D eigenvalue weighted by Crippen LogP contribution is 2.28. The number of aromatic nitrogens is 1. The Kier molecular flexibility index (Phi) is 8.01. The van der Waals surface area contributed by atoms with Crippen molar-refractivity contribution in [1.82, 2.24) is 9.88 Å². The zero-order chi connectivity index (χ0) is 24.0. The number of benzene rings is 2. The molecule has 0 aliphatic rings. The summed E-state index contributed by atoms with van der Waals surface area (Å²) in [5.74, 6) is 1.25. The predicted molar refractivity (Wildman–Crippen MR) is 128 cm³/mol. The van der Waals surface area contributed by atoms with Crippen molar-refractivity contribution in [3.63, 3.8) is 0 Å². The molecule has 0 amide bonds. The van der Waals surface area contributed by atoms with E-state index >= 15 is 0 Å². The third-order valence-electron chi connectivity index (χ3n) is 5.76. The summed E-state index contributed by atoms with van der Waals surface area (Å²) in [5, 5.41) is 13.3. The van der Waals surface area contributed by atoms with Gasteiger partial charge in [-0.3, -0.25) is 0 Å². The van der Waals surface area contributed by atoms with Crippen molar-refractivity contribution < 1.29 is 24.1 Å². The summed E-state index contributed by atoms with van der Waals surface area (Å²) in [6.45, 7) is 7.91. The number of carboxylic acid groups (broad SMARTS) is 1. The average Bonchev–Trinajstić information content (AvgIpc) is 3.04. The van der Waals surface area contributed by atoms with E-state index in [2.05, 4.69) is 9.88 Å². The van der Waals surface area contributed by atoms with Gasteiger partial charge < -0.3 is 29.2 Å². The van der Waals surface area contributed by atoms with Gasteiger partial charge in [0.25, 0.3) is 0 Å². The molecule has 0 unspecified atom stereocenters. The fourth-order valence-corrected chi connectivity index (χ4v) is 4.07. The molecule has 7 nitrogen and oxygen atoms in total. The molecule has 33 heavy (non-hydrogen) atoms. The monoisotopic (exact) mass is 452 g/mol. The van der Waals surface area contributed by atoms with Crippen molar-refractivity contribution >= 4 is 5.97 Å². The molecule has 0 saturated carbocycles. The standard InChI is InChI=1S/C26H32N2O5/c1-6-33-23-11-10-19(13-24(23)32-5)14-27-15-22-17(2)28(18(3)25(22)26(29)30)16-20-8-7-9-21(12-20)31-4/h7-13,27H,6,14-16H2,1-5H3,(H,29,30). The fourth-order valence-electron chi connectivity index (χ4n) is 4.07.